The second-order valence-electron chi connectivity index (χ2n) is 7.08. The van der Waals surface area contributed by atoms with Crippen molar-refractivity contribution in [2.45, 2.75) is 6.42 Å². The summed E-state index contributed by atoms with van der Waals surface area (Å²) in [6, 6.07) is 10.6. The second kappa shape index (κ2) is 7.28. The molecule has 4 nitrogen and oxygen atoms in total. The summed E-state index contributed by atoms with van der Waals surface area (Å²) in [4.78, 5) is 18.2. The van der Waals surface area contributed by atoms with Gasteiger partial charge < -0.3 is 10.2 Å². The fourth-order valence-corrected chi connectivity index (χ4v) is 4.03. The van der Waals surface area contributed by atoms with E-state index in [1.54, 1.807) is 36.7 Å². The number of benzene rings is 1. The molecule has 1 unspecified atom stereocenters. The summed E-state index contributed by atoms with van der Waals surface area (Å²) in [6.45, 7) is 2.69. The summed E-state index contributed by atoms with van der Waals surface area (Å²) < 4.78 is 13.3. The van der Waals surface area contributed by atoms with Gasteiger partial charge in [0.15, 0.2) is 0 Å². The molecule has 2 aromatic rings. The van der Waals surface area contributed by atoms with Gasteiger partial charge in [0.2, 0.25) is 5.91 Å². The van der Waals surface area contributed by atoms with Gasteiger partial charge >= 0.3 is 0 Å². The third-order valence-corrected chi connectivity index (χ3v) is 5.43. The van der Waals surface area contributed by atoms with Crippen molar-refractivity contribution < 1.29 is 9.18 Å². The average Bonchev–Trinajstić information content (AvgIpc) is 3.10. The molecule has 26 heavy (non-hydrogen) atoms. The molecule has 5 heteroatoms. The molecule has 1 aromatic carbocycles. The molecule has 1 aromatic heterocycles. The first-order chi connectivity index (χ1) is 12.7. The normalized spacial score (nSPS) is 23.9. The van der Waals surface area contributed by atoms with Gasteiger partial charge in [-0.2, -0.15) is 0 Å². The number of rotatable bonds is 6. The Balaban J connectivity index is 1.18. The summed E-state index contributed by atoms with van der Waals surface area (Å²) in [6.07, 6.45) is 7.76. The van der Waals surface area contributed by atoms with Crippen LogP contribution in [0.5, 0.6) is 0 Å². The number of fused-ring (bicyclic) bond motifs is 1. The Morgan fingerprint density at radius 3 is 2.85 bits per heavy atom. The van der Waals surface area contributed by atoms with Crippen molar-refractivity contribution in [1.29, 1.82) is 0 Å². The van der Waals surface area contributed by atoms with Gasteiger partial charge in [0.05, 0.1) is 0 Å². The van der Waals surface area contributed by atoms with Crippen LogP contribution in [0, 0.1) is 23.6 Å². The maximum Gasteiger partial charge on any atom is 0.244 e. The number of hydrogen-bond donors (Lipinski definition) is 1. The first kappa shape index (κ1) is 16.8. The predicted octanol–water partition coefficient (Wildman–Crippen LogP) is 3.12. The number of pyridine rings is 1. The topological polar surface area (TPSA) is 45.2 Å². The fraction of sp³-hybridized carbons (Fsp3) is 0.333. The van der Waals surface area contributed by atoms with E-state index in [9.17, 15) is 9.18 Å². The quantitative estimate of drug-likeness (QED) is 0.814. The van der Waals surface area contributed by atoms with Crippen molar-refractivity contribution in [3.8, 4) is 0 Å². The number of piperidine rings is 1. The molecular formula is C21H22FN3O. The number of aromatic nitrogens is 1. The van der Waals surface area contributed by atoms with Crippen LogP contribution in [0.2, 0.25) is 0 Å². The second-order valence-corrected chi connectivity index (χ2v) is 7.08. The van der Waals surface area contributed by atoms with Gasteiger partial charge in [0, 0.05) is 43.8 Å². The Labute approximate surface area is 152 Å². The summed E-state index contributed by atoms with van der Waals surface area (Å²) in [7, 11) is 0. The molecule has 2 heterocycles. The van der Waals surface area contributed by atoms with Crippen molar-refractivity contribution in [2.24, 2.45) is 17.8 Å². The Morgan fingerprint density at radius 2 is 2.12 bits per heavy atom. The molecular weight excluding hydrogens is 329 g/mol. The first-order valence-corrected chi connectivity index (χ1v) is 9.07. The highest BCUT2D eigenvalue weighted by atomic mass is 19.1. The largest absolute Gasteiger partial charge is 0.371 e. The predicted molar refractivity (Wildman–Crippen MR) is 100.0 cm³/mol. The Morgan fingerprint density at radius 1 is 1.27 bits per heavy atom. The van der Waals surface area contributed by atoms with E-state index in [1.165, 1.54) is 6.07 Å². The molecule has 0 bridgehead atoms. The number of amides is 1. The Bertz CT molecular complexity index is 796. The molecule has 4 rings (SSSR count). The summed E-state index contributed by atoms with van der Waals surface area (Å²) in [5.74, 6) is 1.80. The minimum Gasteiger partial charge on any atom is -0.371 e. The van der Waals surface area contributed by atoms with Crippen molar-refractivity contribution >= 4 is 17.7 Å². The highest BCUT2D eigenvalue weighted by Crippen LogP contribution is 2.54. The van der Waals surface area contributed by atoms with E-state index in [0.717, 1.165) is 30.8 Å². The lowest BCUT2D eigenvalue weighted by molar-refractivity contribution is -0.116. The highest BCUT2D eigenvalue weighted by Gasteiger charge is 2.54. The van der Waals surface area contributed by atoms with Crippen LogP contribution < -0.4 is 10.2 Å². The summed E-state index contributed by atoms with van der Waals surface area (Å²) in [5.41, 5.74) is 1.89. The number of carbonyl (C=O) groups excluding carboxylic acids is 1. The summed E-state index contributed by atoms with van der Waals surface area (Å²) >= 11 is 0. The number of nitrogens with one attached hydrogen (secondary N) is 1. The van der Waals surface area contributed by atoms with Crippen molar-refractivity contribution in [1.82, 2.24) is 10.3 Å². The fourth-order valence-electron chi connectivity index (χ4n) is 4.03. The molecule has 0 spiro atoms. The van der Waals surface area contributed by atoms with Crippen LogP contribution in [0.3, 0.4) is 0 Å². The third kappa shape index (κ3) is 3.77. The minimum absolute atomic E-state index is 0.0685. The number of nitrogens with zero attached hydrogens (tertiary/aromatic N) is 2. The lowest BCUT2D eigenvalue weighted by Gasteiger charge is -2.22. The average molecular weight is 351 g/mol. The zero-order chi connectivity index (χ0) is 17.9. The van der Waals surface area contributed by atoms with Gasteiger partial charge in [-0.1, -0.05) is 12.1 Å². The molecule has 1 aliphatic carbocycles. The standard InChI is InChI=1S/C21H22FN3O/c22-16-4-1-5-17(11-16)25-13-19-18(20(19)14-25)8-10-24-21(26)7-6-15-3-2-9-23-12-15/h1-7,9,11-12,18-20H,8,10,13-14H2,(H,24,26)/b7-6+/t18?,19-,20+. The van der Waals surface area contributed by atoms with Crippen molar-refractivity contribution in [3.63, 3.8) is 0 Å². The molecule has 2 fully saturated rings. The molecule has 134 valence electrons. The maximum absolute atomic E-state index is 13.3. The van der Waals surface area contributed by atoms with E-state index in [-0.39, 0.29) is 11.7 Å². The van der Waals surface area contributed by atoms with Crippen molar-refractivity contribution in [2.75, 3.05) is 24.5 Å². The van der Waals surface area contributed by atoms with E-state index in [4.69, 9.17) is 0 Å². The third-order valence-electron chi connectivity index (χ3n) is 5.43. The van der Waals surface area contributed by atoms with Gasteiger partial charge in [-0.05, 0) is 60.1 Å². The Hall–Kier alpha value is -2.69. The molecule has 3 atom stereocenters. The number of halogens is 1. The molecule has 1 saturated carbocycles. The SMILES string of the molecule is O=C(/C=C/c1cccnc1)NCCC1[C@H]2CN(c3cccc(F)c3)C[C@@H]12. The summed E-state index contributed by atoms with van der Waals surface area (Å²) in [5, 5.41) is 2.95. The van der Waals surface area contributed by atoms with Gasteiger partial charge in [0.1, 0.15) is 5.82 Å². The van der Waals surface area contributed by atoms with Crippen LogP contribution in [0.4, 0.5) is 10.1 Å². The lowest BCUT2D eigenvalue weighted by Crippen LogP contribution is -2.26. The number of anilines is 1. The van der Waals surface area contributed by atoms with Crippen molar-refractivity contribution in [3.05, 3.63) is 66.2 Å². The van der Waals surface area contributed by atoms with Crippen LogP contribution in [0.15, 0.2) is 54.9 Å². The molecule has 2 aliphatic rings. The first-order valence-electron chi connectivity index (χ1n) is 9.07. The maximum atomic E-state index is 13.3. The number of hydrogen-bond acceptors (Lipinski definition) is 3. The highest BCUT2D eigenvalue weighted by molar-refractivity contribution is 5.91. The molecule has 1 amide bonds. The zero-order valence-electron chi connectivity index (χ0n) is 14.5. The van der Waals surface area contributed by atoms with Gasteiger partial charge in [-0.25, -0.2) is 4.39 Å². The van der Waals surface area contributed by atoms with E-state index in [0.29, 0.717) is 24.3 Å². The zero-order valence-corrected chi connectivity index (χ0v) is 14.5. The van der Waals surface area contributed by atoms with Gasteiger partial charge in [-0.3, -0.25) is 9.78 Å². The molecule has 0 radical (unpaired) electrons. The molecule has 1 saturated heterocycles. The van der Waals surface area contributed by atoms with E-state index < -0.39 is 0 Å². The lowest BCUT2D eigenvalue weighted by atomic mass is 10.2. The number of carbonyl (C=O) groups is 1. The monoisotopic (exact) mass is 351 g/mol. The van der Waals surface area contributed by atoms with Crippen LogP contribution in [-0.2, 0) is 4.79 Å². The van der Waals surface area contributed by atoms with E-state index >= 15 is 0 Å². The Kier molecular flexibility index (Phi) is 4.69. The minimum atomic E-state index is -0.179. The van der Waals surface area contributed by atoms with E-state index in [1.807, 2.05) is 18.2 Å². The smallest absolute Gasteiger partial charge is 0.244 e. The molecule has 1 aliphatic heterocycles. The molecule has 1 N–H and O–H groups in total. The van der Waals surface area contributed by atoms with Crippen LogP contribution in [0.25, 0.3) is 6.08 Å². The van der Waals surface area contributed by atoms with Crippen LogP contribution in [0.1, 0.15) is 12.0 Å². The van der Waals surface area contributed by atoms with Crippen LogP contribution >= 0.6 is 0 Å². The van der Waals surface area contributed by atoms with Gasteiger partial charge in [0.25, 0.3) is 0 Å². The van der Waals surface area contributed by atoms with E-state index in [2.05, 4.69) is 15.2 Å². The van der Waals surface area contributed by atoms with Gasteiger partial charge in [-0.15, -0.1) is 0 Å². The van der Waals surface area contributed by atoms with Crippen LogP contribution in [-0.4, -0.2) is 30.5 Å².